The summed E-state index contributed by atoms with van der Waals surface area (Å²) in [6, 6.07) is 4.46. The van der Waals surface area contributed by atoms with Crippen LogP contribution in [-0.4, -0.2) is 44.5 Å². The molecule has 2 heterocycles. The summed E-state index contributed by atoms with van der Waals surface area (Å²) in [6.45, 7) is 5.91. The lowest BCUT2D eigenvalue weighted by Crippen LogP contribution is -2.55. The summed E-state index contributed by atoms with van der Waals surface area (Å²) >= 11 is 0. The van der Waals surface area contributed by atoms with Crippen LogP contribution in [0.5, 0.6) is 0 Å². The third kappa shape index (κ3) is 2.38. The first-order valence-electron chi connectivity index (χ1n) is 8.30. The fourth-order valence-corrected chi connectivity index (χ4v) is 6.56. The summed E-state index contributed by atoms with van der Waals surface area (Å²) < 4.78 is 38.1. The molecule has 136 valence electrons. The van der Waals surface area contributed by atoms with Gasteiger partial charge >= 0.3 is 5.76 Å². The van der Waals surface area contributed by atoms with Gasteiger partial charge in [-0.2, -0.15) is 4.31 Å². The molecule has 2 aliphatic rings. The first kappa shape index (κ1) is 16.8. The van der Waals surface area contributed by atoms with Gasteiger partial charge < -0.3 is 9.15 Å². The number of sulfonamides is 1. The molecule has 0 spiro atoms. The second kappa shape index (κ2) is 5.18. The van der Waals surface area contributed by atoms with Crippen LogP contribution in [0.3, 0.4) is 0 Å². The summed E-state index contributed by atoms with van der Waals surface area (Å²) in [5.74, 6) is -0.309. The van der Waals surface area contributed by atoms with Gasteiger partial charge in [0.2, 0.25) is 10.0 Å². The monoisotopic (exact) mass is 366 g/mol. The van der Waals surface area contributed by atoms with E-state index in [0.29, 0.717) is 30.8 Å². The van der Waals surface area contributed by atoms with Crippen LogP contribution in [0.25, 0.3) is 11.1 Å². The Labute approximate surface area is 146 Å². The Hall–Kier alpha value is -1.64. The molecule has 1 aliphatic carbocycles. The van der Waals surface area contributed by atoms with Gasteiger partial charge in [0.1, 0.15) is 0 Å². The maximum atomic E-state index is 13.1. The van der Waals surface area contributed by atoms with Crippen LogP contribution in [0.1, 0.15) is 20.3 Å². The van der Waals surface area contributed by atoms with Crippen molar-refractivity contribution in [2.24, 2.45) is 16.7 Å². The Morgan fingerprint density at radius 1 is 1.40 bits per heavy atom. The summed E-state index contributed by atoms with van der Waals surface area (Å²) in [6.07, 6.45) is 0.957. The van der Waals surface area contributed by atoms with Crippen LogP contribution in [-0.2, 0) is 14.8 Å². The predicted octanol–water partition coefficient (Wildman–Crippen LogP) is 1.80. The van der Waals surface area contributed by atoms with E-state index in [0.717, 1.165) is 6.42 Å². The first-order chi connectivity index (χ1) is 11.7. The van der Waals surface area contributed by atoms with Gasteiger partial charge in [-0.1, -0.05) is 13.8 Å². The molecular weight excluding hydrogens is 344 g/mol. The number of rotatable bonds is 4. The minimum atomic E-state index is -3.64. The number of benzene rings is 1. The van der Waals surface area contributed by atoms with Gasteiger partial charge in [0, 0.05) is 25.6 Å². The molecule has 0 unspecified atom stereocenters. The van der Waals surface area contributed by atoms with Crippen LogP contribution in [0.15, 0.2) is 32.3 Å². The van der Waals surface area contributed by atoms with Crippen molar-refractivity contribution in [3.05, 3.63) is 28.7 Å². The third-order valence-electron chi connectivity index (χ3n) is 5.83. The van der Waals surface area contributed by atoms with Gasteiger partial charge in [-0.25, -0.2) is 13.2 Å². The zero-order valence-electron chi connectivity index (χ0n) is 14.5. The Bertz CT molecular complexity index is 990. The molecule has 1 N–H and O–H groups in total. The predicted molar refractivity (Wildman–Crippen MR) is 91.8 cm³/mol. The number of nitrogens with one attached hydrogen (secondary N) is 1. The van der Waals surface area contributed by atoms with Crippen LogP contribution in [0, 0.1) is 16.7 Å². The molecule has 1 saturated heterocycles. The van der Waals surface area contributed by atoms with Crippen LogP contribution >= 0.6 is 0 Å². The Morgan fingerprint density at radius 2 is 2.16 bits per heavy atom. The molecule has 0 bridgehead atoms. The Morgan fingerprint density at radius 3 is 2.84 bits per heavy atom. The van der Waals surface area contributed by atoms with E-state index in [4.69, 9.17) is 9.15 Å². The van der Waals surface area contributed by atoms with E-state index < -0.39 is 15.8 Å². The molecule has 4 rings (SSSR count). The molecular formula is C17H22N2O5S. The molecule has 25 heavy (non-hydrogen) atoms. The molecule has 1 aliphatic heterocycles. The number of ether oxygens (including phenoxy) is 1. The van der Waals surface area contributed by atoms with Crippen molar-refractivity contribution < 1.29 is 17.6 Å². The highest BCUT2D eigenvalue weighted by Gasteiger charge is 2.64. The fraction of sp³-hybridized carbons (Fsp3) is 0.588. The third-order valence-corrected chi connectivity index (χ3v) is 7.64. The summed E-state index contributed by atoms with van der Waals surface area (Å²) in [5, 5.41) is 0. The van der Waals surface area contributed by atoms with Crippen LogP contribution in [0.2, 0.25) is 0 Å². The number of fused-ring (bicyclic) bond motifs is 2. The first-order valence-corrected chi connectivity index (χ1v) is 9.74. The highest BCUT2D eigenvalue weighted by atomic mass is 32.2. The minimum Gasteiger partial charge on any atom is -0.408 e. The van der Waals surface area contributed by atoms with E-state index in [2.05, 4.69) is 18.8 Å². The van der Waals surface area contributed by atoms with Gasteiger partial charge in [0.15, 0.2) is 5.58 Å². The highest BCUT2D eigenvalue weighted by Crippen LogP contribution is 2.63. The van der Waals surface area contributed by atoms with Gasteiger partial charge in [0.05, 0.1) is 17.0 Å². The number of aromatic amines is 1. The van der Waals surface area contributed by atoms with Crippen molar-refractivity contribution in [3.8, 4) is 0 Å². The van der Waals surface area contributed by atoms with E-state index in [-0.39, 0.29) is 21.6 Å². The molecule has 1 saturated carbocycles. The van der Waals surface area contributed by atoms with E-state index in [9.17, 15) is 13.2 Å². The fourth-order valence-electron chi connectivity index (χ4n) is 4.99. The number of hydrogen-bond donors (Lipinski definition) is 1. The number of methoxy groups -OCH3 is 1. The van der Waals surface area contributed by atoms with Crippen molar-refractivity contribution in [1.82, 2.24) is 9.29 Å². The molecule has 0 radical (unpaired) electrons. The Balaban J connectivity index is 1.69. The maximum absolute atomic E-state index is 13.1. The lowest BCUT2D eigenvalue weighted by molar-refractivity contribution is -0.106. The average molecular weight is 366 g/mol. The SMILES string of the molecule is COC[C@@]12CN(S(=O)(=O)c3ccc4oc(=O)[nH]c4c3)C[C@@H]1C(C)(C)C2. The largest absolute Gasteiger partial charge is 0.417 e. The van der Waals surface area contributed by atoms with Crippen LogP contribution < -0.4 is 5.76 Å². The normalized spacial score (nSPS) is 28.8. The van der Waals surface area contributed by atoms with Crippen molar-refractivity contribution >= 4 is 21.1 Å². The topological polar surface area (TPSA) is 92.6 Å². The van der Waals surface area contributed by atoms with Gasteiger partial charge in [-0.15, -0.1) is 0 Å². The standard InChI is InChI=1S/C17H22N2O5S/c1-16(2)8-17(10-23-3)9-19(7-14(16)17)25(21,22)11-4-5-13-12(6-11)18-15(20)24-13/h4-6,14H,7-10H2,1-3H3,(H,18,20)/t14-,17-/m1/s1. The Kier molecular flexibility index (Phi) is 3.49. The molecule has 2 atom stereocenters. The zero-order valence-corrected chi connectivity index (χ0v) is 15.4. The van der Waals surface area contributed by atoms with Crippen molar-refractivity contribution in [1.29, 1.82) is 0 Å². The smallest absolute Gasteiger partial charge is 0.408 e. The summed E-state index contributed by atoms with van der Waals surface area (Å²) in [5.41, 5.74) is 0.754. The van der Waals surface area contributed by atoms with Crippen molar-refractivity contribution in [3.63, 3.8) is 0 Å². The van der Waals surface area contributed by atoms with E-state index in [1.165, 1.54) is 18.2 Å². The van der Waals surface area contributed by atoms with Crippen molar-refractivity contribution in [2.45, 2.75) is 25.2 Å². The number of nitrogens with zero attached hydrogens (tertiary/aromatic N) is 1. The molecule has 1 aromatic heterocycles. The number of H-pyrrole nitrogens is 1. The second-order valence-electron chi connectivity index (χ2n) is 7.98. The molecule has 1 aromatic carbocycles. The van der Waals surface area contributed by atoms with Crippen molar-refractivity contribution in [2.75, 3.05) is 26.8 Å². The number of aromatic nitrogens is 1. The quantitative estimate of drug-likeness (QED) is 0.891. The molecule has 0 amide bonds. The van der Waals surface area contributed by atoms with Gasteiger partial charge in [-0.3, -0.25) is 4.98 Å². The second-order valence-corrected chi connectivity index (χ2v) is 9.92. The van der Waals surface area contributed by atoms with Gasteiger partial charge in [-0.05, 0) is 36.0 Å². The number of oxazole rings is 1. The number of hydrogen-bond acceptors (Lipinski definition) is 5. The lowest BCUT2D eigenvalue weighted by Gasteiger charge is -2.56. The maximum Gasteiger partial charge on any atom is 0.417 e. The van der Waals surface area contributed by atoms with E-state index in [1.807, 2.05) is 0 Å². The van der Waals surface area contributed by atoms with Crippen LogP contribution in [0.4, 0.5) is 0 Å². The highest BCUT2D eigenvalue weighted by molar-refractivity contribution is 7.89. The average Bonchev–Trinajstić information content (AvgIpc) is 3.04. The van der Waals surface area contributed by atoms with Gasteiger partial charge in [0.25, 0.3) is 0 Å². The summed E-state index contributed by atoms with van der Waals surface area (Å²) in [7, 11) is -1.98. The molecule has 7 nitrogen and oxygen atoms in total. The lowest BCUT2D eigenvalue weighted by atomic mass is 9.48. The zero-order chi connectivity index (χ0) is 18.0. The molecule has 2 fully saturated rings. The minimum absolute atomic E-state index is 0.0978. The molecule has 2 aromatic rings. The van der Waals surface area contributed by atoms with E-state index >= 15 is 0 Å². The summed E-state index contributed by atoms with van der Waals surface area (Å²) in [4.78, 5) is 14.0. The molecule has 8 heteroatoms. The van der Waals surface area contributed by atoms with E-state index in [1.54, 1.807) is 11.4 Å².